The first kappa shape index (κ1) is 9.50. The molecule has 2 rings (SSSR count). The molecule has 2 bridgehead atoms. The monoisotopic (exact) mass is 192 g/mol. The molecular formula is C12H16O2. The van der Waals surface area contributed by atoms with Crippen LogP contribution in [-0.2, 0) is 9.53 Å². The van der Waals surface area contributed by atoms with Gasteiger partial charge in [-0.25, -0.2) is 4.79 Å². The van der Waals surface area contributed by atoms with Crippen LogP contribution in [0, 0.1) is 11.3 Å². The van der Waals surface area contributed by atoms with Crippen molar-refractivity contribution >= 4 is 5.97 Å². The number of carbonyl (C=O) groups excluding carboxylic acids is 1. The Hall–Kier alpha value is -1.05. The summed E-state index contributed by atoms with van der Waals surface area (Å²) in [6.07, 6.45) is 5.65. The number of hydrogen-bond donors (Lipinski definition) is 0. The molecule has 0 N–H and O–H groups in total. The minimum Gasteiger partial charge on any atom is -0.427 e. The molecule has 0 spiro atoms. The molecule has 14 heavy (non-hydrogen) atoms. The van der Waals surface area contributed by atoms with Crippen molar-refractivity contribution in [3.05, 3.63) is 24.0 Å². The lowest BCUT2D eigenvalue weighted by atomic mass is 9.88. The van der Waals surface area contributed by atoms with Gasteiger partial charge in [-0.1, -0.05) is 13.5 Å². The lowest BCUT2D eigenvalue weighted by Crippen LogP contribution is -2.18. The smallest absolute Gasteiger partial charge is 0.338 e. The van der Waals surface area contributed by atoms with E-state index in [9.17, 15) is 4.79 Å². The normalized spacial score (nSPS) is 34.1. The van der Waals surface area contributed by atoms with Crippen molar-refractivity contribution in [2.24, 2.45) is 11.3 Å². The second kappa shape index (κ2) is 2.97. The second-order valence-corrected chi connectivity index (χ2v) is 4.76. The quantitative estimate of drug-likeness (QED) is 0.496. The Morgan fingerprint density at radius 3 is 2.86 bits per heavy atom. The van der Waals surface area contributed by atoms with Gasteiger partial charge in [0.2, 0.25) is 0 Å². The summed E-state index contributed by atoms with van der Waals surface area (Å²) >= 11 is 0. The number of allylic oxidation sites excluding steroid dienone is 2. The van der Waals surface area contributed by atoms with Crippen LogP contribution in [0.2, 0.25) is 0 Å². The van der Waals surface area contributed by atoms with Crippen molar-refractivity contribution in [3.8, 4) is 0 Å². The molecule has 0 aliphatic heterocycles. The number of carbonyl (C=O) groups is 1. The first-order valence-electron chi connectivity index (χ1n) is 5.11. The Bertz CT molecular complexity index is 327. The Labute approximate surface area is 84.6 Å². The van der Waals surface area contributed by atoms with Gasteiger partial charge >= 0.3 is 5.97 Å². The minimum atomic E-state index is -0.287. The molecule has 0 heterocycles. The molecule has 0 radical (unpaired) electrons. The second-order valence-electron chi connectivity index (χ2n) is 4.76. The Balaban J connectivity index is 2.10. The highest BCUT2D eigenvalue weighted by Gasteiger charge is 2.45. The predicted octanol–water partition coefficient (Wildman–Crippen LogP) is 2.81. The van der Waals surface area contributed by atoms with E-state index in [2.05, 4.69) is 19.6 Å². The standard InChI is InChI=1S/C12H16O2/c1-8(2)11(13)14-10-6-9-4-5-12(10,3)7-9/h6,9H,1,4-5,7H2,2-3H3. The fraction of sp³-hybridized carbons (Fsp3) is 0.583. The third-order valence-electron chi connectivity index (χ3n) is 3.31. The van der Waals surface area contributed by atoms with Gasteiger partial charge in [0.05, 0.1) is 0 Å². The molecular weight excluding hydrogens is 176 g/mol. The van der Waals surface area contributed by atoms with E-state index in [0.29, 0.717) is 11.5 Å². The van der Waals surface area contributed by atoms with Crippen LogP contribution in [0.3, 0.4) is 0 Å². The van der Waals surface area contributed by atoms with Crippen LogP contribution in [0.5, 0.6) is 0 Å². The fourth-order valence-electron chi connectivity index (χ4n) is 2.41. The molecule has 0 aromatic carbocycles. The van der Waals surface area contributed by atoms with E-state index in [-0.39, 0.29) is 11.4 Å². The van der Waals surface area contributed by atoms with Crippen molar-refractivity contribution in [3.63, 3.8) is 0 Å². The summed E-state index contributed by atoms with van der Waals surface area (Å²) in [6.45, 7) is 7.44. The van der Waals surface area contributed by atoms with Crippen LogP contribution in [0.15, 0.2) is 24.0 Å². The van der Waals surface area contributed by atoms with Gasteiger partial charge in [0, 0.05) is 11.0 Å². The third-order valence-corrected chi connectivity index (χ3v) is 3.31. The van der Waals surface area contributed by atoms with Gasteiger partial charge < -0.3 is 4.74 Å². The van der Waals surface area contributed by atoms with Crippen LogP contribution < -0.4 is 0 Å². The molecule has 2 atom stereocenters. The molecule has 0 saturated heterocycles. The van der Waals surface area contributed by atoms with Crippen molar-refractivity contribution in [2.75, 3.05) is 0 Å². The molecule has 2 aliphatic carbocycles. The summed E-state index contributed by atoms with van der Waals surface area (Å²) in [7, 11) is 0. The van der Waals surface area contributed by atoms with Crippen molar-refractivity contribution in [1.82, 2.24) is 0 Å². The van der Waals surface area contributed by atoms with Crippen LogP contribution in [-0.4, -0.2) is 5.97 Å². The molecule has 2 heteroatoms. The summed E-state index contributed by atoms with van der Waals surface area (Å²) < 4.78 is 5.33. The summed E-state index contributed by atoms with van der Waals surface area (Å²) in [5, 5.41) is 0. The topological polar surface area (TPSA) is 26.3 Å². The third kappa shape index (κ3) is 1.39. The zero-order chi connectivity index (χ0) is 10.3. The molecule has 0 aromatic rings. The van der Waals surface area contributed by atoms with E-state index < -0.39 is 0 Å². The van der Waals surface area contributed by atoms with Crippen LogP contribution in [0.4, 0.5) is 0 Å². The van der Waals surface area contributed by atoms with Crippen LogP contribution in [0.1, 0.15) is 33.1 Å². The van der Waals surface area contributed by atoms with Gasteiger partial charge in [-0.3, -0.25) is 0 Å². The minimum absolute atomic E-state index is 0.121. The van der Waals surface area contributed by atoms with E-state index in [1.54, 1.807) is 6.92 Å². The highest BCUT2D eigenvalue weighted by Crippen LogP contribution is 2.53. The molecule has 0 aromatic heterocycles. The number of hydrogen-bond acceptors (Lipinski definition) is 2. The molecule has 1 saturated carbocycles. The highest BCUT2D eigenvalue weighted by atomic mass is 16.5. The van der Waals surface area contributed by atoms with E-state index in [1.165, 1.54) is 6.42 Å². The SMILES string of the molecule is C=C(C)C(=O)OC1=CC2CCC1(C)C2. The summed E-state index contributed by atoms with van der Waals surface area (Å²) in [4.78, 5) is 11.4. The van der Waals surface area contributed by atoms with Gasteiger partial charge in [-0.2, -0.15) is 0 Å². The molecule has 0 amide bonds. The number of rotatable bonds is 2. The lowest BCUT2D eigenvalue weighted by Gasteiger charge is -2.24. The first-order chi connectivity index (χ1) is 6.51. The Morgan fingerprint density at radius 2 is 2.43 bits per heavy atom. The molecule has 76 valence electrons. The van der Waals surface area contributed by atoms with Gasteiger partial charge in [-0.05, 0) is 38.2 Å². The van der Waals surface area contributed by atoms with Gasteiger partial charge in [0.25, 0.3) is 0 Å². The average molecular weight is 192 g/mol. The maximum absolute atomic E-state index is 11.4. The van der Waals surface area contributed by atoms with Crippen LogP contribution in [0.25, 0.3) is 0 Å². The van der Waals surface area contributed by atoms with Crippen molar-refractivity contribution in [1.29, 1.82) is 0 Å². The maximum Gasteiger partial charge on any atom is 0.338 e. The summed E-state index contributed by atoms with van der Waals surface area (Å²) in [5.41, 5.74) is 0.591. The number of esters is 1. The van der Waals surface area contributed by atoms with E-state index in [0.717, 1.165) is 18.6 Å². The summed E-state index contributed by atoms with van der Waals surface area (Å²) in [5.74, 6) is 1.22. The Kier molecular flexibility index (Phi) is 2.02. The van der Waals surface area contributed by atoms with E-state index in [1.807, 2.05) is 0 Å². The Morgan fingerprint density at radius 1 is 1.71 bits per heavy atom. The fourth-order valence-corrected chi connectivity index (χ4v) is 2.41. The van der Waals surface area contributed by atoms with Crippen LogP contribution >= 0.6 is 0 Å². The van der Waals surface area contributed by atoms with Crippen molar-refractivity contribution < 1.29 is 9.53 Å². The zero-order valence-electron chi connectivity index (χ0n) is 8.80. The lowest BCUT2D eigenvalue weighted by molar-refractivity contribution is -0.136. The maximum atomic E-state index is 11.4. The van der Waals surface area contributed by atoms with Crippen molar-refractivity contribution in [2.45, 2.75) is 33.1 Å². The van der Waals surface area contributed by atoms with E-state index in [4.69, 9.17) is 4.74 Å². The molecule has 2 nitrogen and oxygen atoms in total. The van der Waals surface area contributed by atoms with Gasteiger partial charge in [0.15, 0.2) is 0 Å². The summed E-state index contributed by atoms with van der Waals surface area (Å²) in [6, 6.07) is 0. The van der Waals surface area contributed by atoms with Gasteiger partial charge in [0.1, 0.15) is 5.76 Å². The number of fused-ring (bicyclic) bond motifs is 2. The predicted molar refractivity (Wildman–Crippen MR) is 54.4 cm³/mol. The number of ether oxygens (including phenoxy) is 1. The van der Waals surface area contributed by atoms with E-state index >= 15 is 0 Å². The molecule has 2 unspecified atom stereocenters. The average Bonchev–Trinajstić information content (AvgIpc) is 2.59. The first-order valence-corrected chi connectivity index (χ1v) is 5.11. The highest BCUT2D eigenvalue weighted by molar-refractivity contribution is 5.87. The molecule has 1 fully saturated rings. The largest absolute Gasteiger partial charge is 0.427 e. The zero-order valence-corrected chi connectivity index (χ0v) is 8.80. The van der Waals surface area contributed by atoms with Gasteiger partial charge in [-0.15, -0.1) is 0 Å². The molecule has 2 aliphatic rings.